The molecule has 5 N–H and O–H groups in total. The molecule has 2 saturated heterocycles. The minimum absolute atomic E-state index is 0.141. The largest absolute Gasteiger partial charge is 0.388 e. The van der Waals surface area contributed by atoms with Gasteiger partial charge in [-0.2, -0.15) is 0 Å². The quantitative estimate of drug-likeness (QED) is 0.209. The van der Waals surface area contributed by atoms with E-state index in [0.29, 0.717) is 25.5 Å². The summed E-state index contributed by atoms with van der Waals surface area (Å²) in [4.78, 5) is 13.0. The molecule has 0 aromatic rings. The number of carbonyl (C=O) groups excluding carboxylic acids is 1. The number of carbonyl (C=O) groups is 1. The first-order chi connectivity index (χ1) is 15.3. The lowest BCUT2D eigenvalue weighted by atomic mass is 9.92. The third-order valence-corrected chi connectivity index (χ3v) is 7.37. The van der Waals surface area contributed by atoms with Gasteiger partial charge in [0.25, 0.3) is 0 Å². The molecule has 0 spiro atoms. The molecule has 0 aliphatic carbocycles. The van der Waals surface area contributed by atoms with Crippen molar-refractivity contribution >= 4 is 29.3 Å². The molecular formula is C21H38ClFN2O6S. The lowest BCUT2D eigenvalue weighted by Gasteiger charge is -2.44. The van der Waals surface area contributed by atoms with E-state index in [0.717, 1.165) is 25.7 Å². The van der Waals surface area contributed by atoms with E-state index in [4.69, 9.17) is 21.1 Å². The number of hydrogen-bond donors (Lipinski definition) is 5. The number of amides is 1. The lowest BCUT2D eigenvalue weighted by molar-refractivity contribution is -0.205. The number of halogens is 2. The molecule has 0 aromatic carbocycles. The van der Waals surface area contributed by atoms with Crippen molar-refractivity contribution in [3.05, 3.63) is 0 Å². The predicted molar refractivity (Wildman–Crippen MR) is 123 cm³/mol. The Bertz CT molecular complexity index is 564. The van der Waals surface area contributed by atoms with Crippen molar-refractivity contribution in [2.45, 2.75) is 86.3 Å². The molecule has 1 amide bonds. The van der Waals surface area contributed by atoms with Crippen molar-refractivity contribution in [2.24, 2.45) is 5.92 Å². The first kappa shape index (κ1) is 28.0. The van der Waals surface area contributed by atoms with Crippen molar-refractivity contribution in [3.8, 4) is 0 Å². The zero-order valence-corrected chi connectivity index (χ0v) is 20.4. The molecule has 0 aromatic heterocycles. The average Bonchev–Trinajstić information content (AvgIpc) is 3.02. The Kier molecular flexibility index (Phi) is 12.5. The zero-order valence-electron chi connectivity index (χ0n) is 18.8. The first-order valence-electron chi connectivity index (χ1n) is 11.3. The van der Waals surface area contributed by atoms with Crippen LogP contribution in [0.25, 0.3) is 0 Å². The number of alkyl halides is 2. The van der Waals surface area contributed by atoms with Crippen LogP contribution in [0.2, 0.25) is 0 Å². The molecule has 2 fully saturated rings. The fourth-order valence-electron chi connectivity index (χ4n) is 4.34. The fraction of sp³-hybridized carbons (Fsp3) is 0.952. The van der Waals surface area contributed by atoms with Crippen LogP contribution in [0.15, 0.2) is 0 Å². The van der Waals surface area contributed by atoms with E-state index in [9.17, 15) is 24.5 Å². The van der Waals surface area contributed by atoms with Gasteiger partial charge in [-0.15, -0.1) is 23.4 Å². The van der Waals surface area contributed by atoms with E-state index in [2.05, 4.69) is 10.6 Å². The number of ether oxygens (including phenoxy) is 2. The summed E-state index contributed by atoms with van der Waals surface area (Å²) in [5.74, 6) is 0.242. The fourth-order valence-corrected chi connectivity index (χ4v) is 5.23. The van der Waals surface area contributed by atoms with E-state index in [1.54, 1.807) is 13.2 Å². The first-order valence-corrected chi connectivity index (χ1v) is 13.1. The Balaban J connectivity index is 1.91. The molecule has 2 aliphatic rings. The van der Waals surface area contributed by atoms with Crippen molar-refractivity contribution < 1.29 is 34.0 Å². The second-order valence-electron chi connectivity index (χ2n) is 8.57. The third kappa shape index (κ3) is 7.94. The summed E-state index contributed by atoms with van der Waals surface area (Å²) < 4.78 is 23.1. The third-order valence-electron chi connectivity index (χ3n) is 6.24. The van der Waals surface area contributed by atoms with E-state index in [1.165, 1.54) is 11.8 Å². The molecule has 0 radical (unpaired) electrons. The highest BCUT2D eigenvalue weighted by Crippen LogP contribution is 2.30. The van der Waals surface area contributed by atoms with Gasteiger partial charge in [-0.3, -0.25) is 4.79 Å². The summed E-state index contributed by atoms with van der Waals surface area (Å²) in [7, 11) is 0. The molecule has 188 valence electrons. The highest BCUT2D eigenvalue weighted by Gasteiger charge is 2.48. The molecule has 8 nitrogen and oxygen atoms in total. The van der Waals surface area contributed by atoms with Crippen LogP contribution in [0.4, 0.5) is 4.39 Å². The molecular weight excluding hydrogens is 463 g/mol. The van der Waals surface area contributed by atoms with Gasteiger partial charge in [-0.05, 0) is 57.7 Å². The maximum Gasteiger partial charge on any atom is 0.237 e. The molecule has 1 unspecified atom stereocenters. The van der Waals surface area contributed by atoms with E-state index < -0.39 is 54.0 Å². The van der Waals surface area contributed by atoms with Crippen LogP contribution in [0.1, 0.15) is 39.0 Å². The van der Waals surface area contributed by atoms with Gasteiger partial charge >= 0.3 is 0 Å². The van der Waals surface area contributed by atoms with Gasteiger partial charge in [-0.25, -0.2) is 4.39 Å². The molecule has 2 heterocycles. The zero-order chi connectivity index (χ0) is 23.7. The van der Waals surface area contributed by atoms with Crippen LogP contribution in [0, 0.1) is 5.92 Å². The van der Waals surface area contributed by atoms with E-state index in [1.807, 2.05) is 0 Å². The van der Waals surface area contributed by atoms with Crippen molar-refractivity contribution in [1.82, 2.24) is 10.6 Å². The van der Waals surface area contributed by atoms with E-state index >= 15 is 0 Å². The number of aliphatic hydroxyl groups is 3. The topological polar surface area (TPSA) is 120 Å². The number of aliphatic hydroxyl groups excluding tert-OH is 3. The predicted octanol–water partition coefficient (Wildman–Crippen LogP) is 0.794. The van der Waals surface area contributed by atoms with Gasteiger partial charge in [0.05, 0.1) is 24.1 Å². The minimum atomic E-state index is -1.40. The molecule has 11 heteroatoms. The smallest absolute Gasteiger partial charge is 0.237 e. The maximum absolute atomic E-state index is 13.0. The standard InChI is InChI=1S/C21H38ClFN2O6S/c1-12(22)15(19-17(27)16(26)18(28)21(31-19)32-2)25-20(29)14-6-5-13(7-9-24-14)4-3-10-30-11-8-23/h12-19,21,24,26-28H,3-11H2,1-2H3,(H,25,29)/t12-,13-,14-,15+,16-,17+,18+,19?,21+/m0/s1. The van der Waals surface area contributed by atoms with Crippen LogP contribution >= 0.6 is 23.4 Å². The summed E-state index contributed by atoms with van der Waals surface area (Å²) in [5, 5.41) is 36.4. The van der Waals surface area contributed by atoms with Gasteiger partial charge in [0.2, 0.25) is 5.91 Å². The van der Waals surface area contributed by atoms with Gasteiger partial charge in [0, 0.05) is 6.61 Å². The SMILES string of the molecule is CS[C@H]1OC([C@H](NC(=O)[C@@H]2CC[C@H](CCCOCCF)CCN2)[C@H](C)Cl)[C@H](O)[C@H](O)[C@H]1O. The van der Waals surface area contributed by atoms with Crippen LogP contribution in [0.3, 0.4) is 0 Å². The van der Waals surface area contributed by atoms with Gasteiger partial charge in [0.1, 0.15) is 36.5 Å². The molecule has 2 rings (SSSR count). The van der Waals surface area contributed by atoms with Crippen LogP contribution in [0.5, 0.6) is 0 Å². The summed E-state index contributed by atoms with van der Waals surface area (Å²) in [6.07, 6.45) is 1.10. The molecule has 0 bridgehead atoms. The summed E-state index contributed by atoms with van der Waals surface area (Å²) in [6.45, 7) is 2.62. The van der Waals surface area contributed by atoms with Crippen LogP contribution in [-0.4, -0.2) is 101 Å². The second kappa shape index (κ2) is 14.3. The Hall–Kier alpha value is -0.200. The Morgan fingerprint density at radius 1 is 1.25 bits per heavy atom. The number of hydrogen-bond acceptors (Lipinski definition) is 8. The average molecular weight is 501 g/mol. The van der Waals surface area contributed by atoms with Crippen molar-refractivity contribution in [2.75, 3.05) is 32.7 Å². The van der Waals surface area contributed by atoms with Crippen LogP contribution in [-0.2, 0) is 14.3 Å². The molecule has 9 atom stereocenters. The monoisotopic (exact) mass is 500 g/mol. The van der Waals surface area contributed by atoms with Gasteiger partial charge < -0.3 is 35.4 Å². The van der Waals surface area contributed by atoms with E-state index in [-0.39, 0.29) is 12.5 Å². The van der Waals surface area contributed by atoms with Gasteiger partial charge in [-0.1, -0.05) is 0 Å². The van der Waals surface area contributed by atoms with Crippen molar-refractivity contribution in [1.29, 1.82) is 0 Å². The maximum atomic E-state index is 13.0. The lowest BCUT2D eigenvalue weighted by Crippen LogP contribution is -2.65. The Labute approximate surface area is 198 Å². The van der Waals surface area contributed by atoms with Crippen LogP contribution < -0.4 is 10.6 Å². The molecule has 0 saturated carbocycles. The van der Waals surface area contributed by atoms with Crippen molar-refractivity contribution in [3.63, 3.8) is 0 Å². The summed E-state index contributed by atoms with van der Waals surface area (Å²) in [6, 6.07) is -1.14. The number of rotatable bonds is 11. The second-order valence-corrected chi connectivity index (χ2v) is 10.2. The summed E-state index contributed by atoms with van der Waals surface area (Å²) in [5.41, 5.74) is -0.737. The summed E-state index contributed by atoms with van der Waals surface area (Å²) >= 11 is 7.55. The Morgan fingerprint density at radius 2 is 2.00 bits per heavy atom. The molecule has 32 heavy (non-hydrogen) atoms. The number of thioether (sulfide) groups is 1. The Morgan fingerprint density at radius 3 is 2.66 bits per heavy atom. The molecule has 2 aliphatic heterocycles. The normalized spacial score (nSPS) is 35.7. The minimum Gasteiger partial charge on any atom is -0.388 e. The highest BCUT2D eigenvalue weighted by molar-refractivity contribution is 7.99. The van der Waals surface area contributed by atoms with Gasteiger partial charge in [0.15, 0.2) is 0 Å². The number of nitrogens with one attached hydrogen (secondary N) is 2. The highest BCUT2D eigenvalue weighted by atomic mass is 35.5.